The number of hydrogen-bond acceptors (Lipinski definition) is 4. The lowest BCUT2D eigenvalue weighted by molar-refractivity contribution is -0.135. The van der Waals surface area contributed by atoms with E-state index in [0.29, 0.717) is 37.2 Å². The SMILES string of the molecule is COc1ccccc1C(=O)NC(C(=O)N1CCC(C(=O)c2ccccc2)CC1)C(C)C. The van der Waals surface area contributed by atoms with E-state index in [9.17, 15) is 14.4 Å². The van der Waals surface area contributed by atoms with Gasteiger partial charge >= 0.3 is 0 Å². The lowest BCUT2D eigenvalue weighted by atomic mass is 9.88. The van der Waals surface area contributed by atoms with E-state index in [0.717, 1.165) is 5.56 Å². The Hall–Kier alpha value is -3.15. The van der Waals surface area contributed by atoms with Crippen LogP contribution in [0.3, 0.4) is 0 Å². The van der Waals surface area contributed by atoms with Crippen LogP contribution >= 0.6 is 0 Å². The first-order valence-electron chi connectivity index (χ1n) is 10.7. The van der Waals surface area contributed by atoms with E-state index in [4.69, 9.17) is 4.74 Å². The predicted molar refractivity (Wildman–Crippen MR) is 119 cm³/mol. The largest absolute Gasteiger partial charge is 0.496 e. The van der Waals surface area contributed by atoms with Crippen molar-refractivity contribution >= 4 is 17.6 Å². The van der Waals surface area contributed by atoms with Gasteiger partial charge in [-0.2, -0.15) is 0 Å². The number of nitrogens with one attached hydrogen (secondary N) is 1. The lowest BCUT2D eigenvalue weighted by Crippen LogP contribution is -2.53. The number of amides is 2. The third kappa shape index (κ3) is 5.32. The number of piperidine rings is 1. The fourth-order valence-electron chi connectivity index (χ4n) is 3.96. The van der Waals surface area contributed by atoms with Gasteiger partial charge in [0.25, 0.3) is 5.91 Å². The molecule has 6 heteroatoms. The van der Waals surface area contributed by atoms with E-state index >= 15 is 0 Å². The first kappa shape index (κ1) is 22.5. The maximum absolute atomic E-state index is 13.2. The number of rotatable bonds is 7. The Balaban J connectivity index is 1.63. The van der Waals surface area contributed by atoms with Gasteiger partial charge in [0.2, 0.25) is 5.91 Å². The molecule has 1 fully saturated rings. The minimum absolute atomic E-state index is 0.0742. The molecule has 3 rings (SSSR count). The molecule has 2 aromatic carbocycles. The van der Waals surface area contributed by atoms with Gasteiger partial charge in [0.05, 0.1) is 12.7 Å². The third-order valence-corrected chi connectivity index (χ3v) is 5.81. The molecule has 0 aliphatic carbocycles. The number of para-hydroxylation sites is 1. The van der Waals surface area contributed by atoms with E-state index in [2.05, 4.69) is 5.32 Å². The normalized spacial score (nSPS) is 15.4. The molecule has 1 aliphatic heterocycles. The highest BCUT2D eigenvalue weighted by Crippen LogP contribution is 2.23. The minimum atomic E-state index is -0.640. The number of likely N-dealkylation sites (tertiary alicyclic amines) is 1. The number of nitrogens with zero attached hydrogens (tertiary/aromatic N) is 1. The summed E-state index contributed by atoms with van der Waals surface area (Å²) in [6.07, 6.45) is 1.26. The van der Waals surface area contributed by atoms with Crippen LogP contribution in [-0.2, 0) is 4.79 Å². The molecule has 31 heavy (non-hydrogen) atoms. The van der Waals surface area contributed by atoms with Crippen LogP contribution in [0.15, 0.2) is 54.6 Å². The Labute approximate surface area is 183 Å². The van der Waals surface area contributed by atoms with Gasteiger partial charge in [-0.1, -0.05) is 56.3 Å². The first-order chi connectivity index (χ1) is 14.9. The summed E-state index contributed by atoms with van der Waals surface area (Å²) >= 11 is 0. The fourth-order valence-corrected chi connectivity index (χ4v) is 3.96. The standard InChI is InChI=1S/C25H30N2O4/c1-17(2)22(26-24(29)20-11-7-8-12-21(20)31-3)25(30)27-15-13-19(14-16-27)23(28)18-9-5-4-6-10-18/h4-12,17,19,22H,13-16H2,1-3H3,(H,26,29). The second-order valence-electron chi connectivity index (χ2n) is 8.23. The van der Waals surface area contributed by atoms with E-state index in [-0.39, 0.29) is 29.4 Å². The first-order valence-corrected chi connectivity index (χ1v) is 10.7. The summed E-state index contributed by atoms with van der Waals surface area (Å²) in [5, 5.41) is 2.89. The van der Waals surface area contributed by atoms with Crippen LogP contribution in [0.4, 0.5) is 0 Å². The van der Waals surface area contributed by atoms with Crippen LogP contribution in [0, 0.1) is 11.8 Å². The van der Waals surface area contributed by atoms with E-state index < -0.39 is 6.04 Å². The molecule has 1 aliphatic rings. The molecule has 164 valence electrons. The van der Waals surface area contributed by atoms with E-state index in [1.807, 2.05) is 44.2 Å². The number of Topliss-reactive ketones (excluding diaryl/α,β-unsaturated/α-hetero) is 1. The highest BCUT2D eigenvalue weighted by atomic mass is 16.5. The van der Waals surface area contributed by atoms with Crippen LogP contribution in [0.5, 0.6) is 5.75 Å². The average molecular weight is 423 g/mol. The van der Waals surface area contributed by atoms with Crippen LogP contribution in [0.25, 0.3) is 0 Å². The molecule has 6 nitrogen and oxygen atoms in total. The van der Waals surface area contributed by atoms with Gasteiger partial charge in [-0.15, -0.1) is 0 Å². The molecule has 0 aromatic heterocycles. The van der Waals surface area contributed by atoms with Crippen molar-refractivity contribution in [1.82, 2.24) is 10.2 Å². The number of ketones is 1. The zero-order valence-electron chi connectivity index (χ0n) is 18.3. The highest BCUT2D eigenvalue weighted by Gasteiger charge is 2.33. The van der Waals surface area contributed by atoms with Gasteiger partial charge in [-0.25, -0.2) is 0 Å². The van der Waals surface area contributed by atoms with Crippen LogP contribution in [-0.4, -0.2) is 48.7 Å². The molecule has 0 bridgehead atoms. The minimum Gasteiger partial charge on any atom is -0.496 e. The van der Waals surface area contributed by atoms with Crippen LogP contribution < -0.4 is 10.1 Å². The lowest BCUT2D eigenvalue weighted by Gasteiger charge is -2.35. The Kier molecular flexibility index (Phi) is 7.45. The van der Waals surface area contributed by atoms with Crippen molar-refractivity contribution in [3.8, 4) is 5.75 Å². The van der Waals surface area contributed by atoms with Crippen molar-refractivity contribution in [3.05, 3.63) is 65.7 Å². The van der Waals surface area contributed by atoms with Gasteiger partial charge in [0.1, 0.15) is 11.8 Å². The monoisotopic (exact) mass is 422 g/mol. The number of carbonyl (C=O) groups excluding carboxylic acids is 3. The molecule has 1 unspecified atom stereocenters. The Morgan fingerprint density at radius 2 is 1.58 bits per heavy atom. The topological polar surface area (TPSA) is 75.7 Å². The molecule has 0 saturated carbocycles. The van der Waals surface area contributed by atoms with Crippen molar-refractivity contribution in [2.45, 2.75) is 32.7 Å². The summed E-state index contributed by atoms with van der Waals surface area (Å²) in [6.45, 7) is 4.85. The smallest absolute Gasteiger partial charge is 0.255 e. The summed E-state index contributed by atoms with van der Waals surface area (Å²) in [5.41, 5.74) is 1.12. The van der Waals surface area contributed by atoms with Crippen LogP contribution in [0.1, 0.15) is 47.4 Å². The molecule has 0 radical (unpaired) electrons. The second-order valence-corrected chi connectivity index (χ2v) is 8.23. The summed E-state index contributed by atoms with van der Waals surface area (Å²) < 4.78 is 5.27. The molecule has 0 spiro atoms. The fraction of sp³-hybridized carbons (Fsp3) is 0.400. The summed E-state index contributed by atoms with van der Waals surface area (Å²) in [4.78, 5) is 40.5. The molecular weight excluding hydrogens is 392 g/mol. The van der Waals surface area contributed by atoms with Crippen molar-refractivity contribution in [2.24, 2.45) is 11.8 Å². The van der Waals surface area contributed by atoms with Crippen molar-refractivity contribution in [1.29, 1.82) is 0 Å². The van der Waals surface area contributed by atoms with Crippen molar-refractivity contribution in [3.63, 3.8) is 0 Å². The molecule has 2 amide bonds. The van der Waals surface area contributed by atoms with Gasteiger partial charge < -0.3 is 15.0 Å². The van der Waals surface area contributed by atoms with E-state index in [1.165, 1.54) is 7.11 Å². The maximum Gasteiger partial charge on any atom is 0.255 e. The summed E-state index contributed by atoms with van der Waals surface area (Å²) in [5.74, 6) is 0.0113. The van der Waals surface area contributed by atoms with E-state index in [1.54, 1.807) is 29.2 Å². The Morgan fingerprint density at radius 3 is 2.19 bits per heavy atom. The molecular formula is C25H30N2O4. The Morgan fingerprint density at radius 1 is 0.968 bits per heavy atom. The van der Waals surface area contributed by atoms with Crippen LogP contribution in [0.2, 0.25) is 0 Å². The number of methoxy groups -OCH3 is 1. The van der Waals surface area contributed by atoms with Gasteiger partial charge in [-0.05, 0) is 30.9 Å². The number of carbonyl (C=O) groups is 3. The van der Waals surface area contributed by atoms with Gasteiger partial charge in [0.15, 0.2) is 5.78 Å². The third-order valence-electron chi connectivity index (χ3n) is 5.81. The molecule has 1 heterocycles. The van der Waals surface area contributed by atoms with Gasteiger partial charge in [0, 0.05) is 24.6 Å². The number of ether oxygens (including phenoxy) is 1. The van der Waals surface area contributed by atoms with Crippen molar-refractivity contribution < 1.29 is 19.1 Å². The predicted octanol–water partition coefficient (Wildman–Crippen LogP) is 3.57. The van der Waals surface area contributed by atoms with Gasteiger partial charge in [-0.3, -0.25) is 14.4 Å². The number of benzene rings is 2. The zero-order chi connectivity index (χ0) is 22.4. The molecule has 2 aromatic rings. The van der Waals surface area contributed by atoms with Crippen molar-refractivity contribution in [2.75, 3.05) is 20.2 Å². The summed E-state index contributed by atoms with van der Waals surface area (Å²) in [7, 11) is 1.51. The molecule has 1 atom stereocenters. The molecule has 1 saturated heterocycles. The Bertz CT molecular complexity index is 918. The number of hydrogen-bond donors (Lipinski definition) is 1. The quantitative estimate of drug-likeness (QED) is 0.692. The summed E-state index contributed by atoms with van der Waals surface area (Å²) in [6, 6.07) is 15.6. The average Bonchev–Trinajstić information content (AvgIpc) is 2.82. The second kappa shape index (κ2) is 10.2. The maximum atomic E-state index is 13.2. The molecule has 1 N–H and O–H groups in total. The highest BCUT2D eigenvalue weighted by molar-refractivity contribution is 6.00. The zero-order valence-corrected chi connectivity index (χ0v) is 18.3.